The van der Waals surface area contributed by atoms with E-state index in [0.717, 1.165) is 12.5 Å². The van der Waals surface area contributed by atoms with Gasteiger partial charge in [0, 0.05) is 18.8 Å². The molecule has 1 aromatic carbocycles. The zero-order valence-electron chi connectivity index (χ0n) is 8.74. The third-order valence-electron chi connectivity index (χ3n) is 2.11. The molecule has 0 atom stereocenters. The van der Waals surface area contributed by atoms with E-state index in [9.17, 15) is 9.18 Å². The molecule has 0 spiro atoms. The highest BCUT2D eigenvalue weighted by molar-refractivity contribution is 5.88. The second-order valence-electron chi connectivity index (χ2n) is 3.36. The maximum Gasteiger partial charge on any atom is 0.338 e. The number of nitrogens with one attached hydrogen (secondary N) is 1. The van der Waals surface area contributed by atoms with Crippen LogP contribution in [0.15, 0.2) is 18.2 Å². The molecule has 0 aliphatic heterocycles. The normalized spacial score (nSPS) is 10.1. The van der Waals surface area contributed by atoms with Crippen molar-refractivity contribution >= 4 is 11.7 Å². The smallest absolute Gasteiger partial charge is 0.338 e. The Morgan fingerprint density at radius 1 is 1.38 bits per heavy atom. The SMILES string of the molecule is O=C(O)c1ccc(NCCCCO)cc1F. The first kappa shape index (κ1) is 12.4. The molecule has 0 heterocycles. The molecule has 0 radical (unpaired) electrons. The molecule has 1 rings (SSSR count). The van der Waals surface area contributed by atoms with Gasteiger partial charge in [-0.05, 0) is 31.0 Å². The molecule has 0 fully saturated rings. The molecule has 0 saturated heterocycles. The topological polar surface area (TPSA) is 69.6 Å². The Bertz CT molecular complexity index is 368. The Labute approximate surface area is 92.7 Å². The molecule has 0 unspecified atom stereocenters. The molecular weight excluding hydrogens is 213 g/mol. The number of anilines is 1. The zero-order chi connectivity index (χ0) is 12.0. The van der Waals surface area contributed by atoms with Gasteiger partial charge in [-0.1, -0.05) is 0 Å². The fraction of sp³-hybridized carbons (Fsp3) is 0.364. The monoisotopic (exact) mass is 227 g/mol. The summed E-state index contributed by atoms with van der Waals surface area (Å²) in [5.41, 5.74) is 0.210. The molecule has 0 aliphatic carbocycles. The molecule has 0 amide bonds. The average molecular weight is 227 g/mol. The summed E-state index contributed by atoms with van der Waals surface area (Å²) in [6, 6.07) is 3.90. The largest absolute Gasteiger partial charge is 0.478 e. The number of halogens is 1. The maximum atomic E-state index is 13.2. The fourth-order valence-electron chi connectivity index (χ4n) is 1.27. The molecule has 88 valence electrons. The number of hydrogen-bond acceptors (Lipinski definition) is 3. The van der Waals surface area contributed by atoms with Crippen LogP contribution < -0.4 is 5.32 Å². The number of hydrogen-bond donors (Lipinski definition) is 3. The summed E-state index contributed by atoms with van der Waals surface area (Å²) in [6.45, 7) is 0.750. The van der Waals surface area contributed by atoms with Crippen LogP contribution in [0.25, 0.3) is 0 Å². The second kappa shape index (κ2) is 6.07. The van der Waals surface area contributed by atoms with Crippen LogP contribution in [0.2, 0.25) is 0 Å². The number of aliphatic hydroxyl groups excluding tert-OH is 1. The van der Waals surface area contributed by atoms with Gasteiger partial charge in [-0.25, -0.2) is 9.18 Å². The summed E-state index contributed by atoms with van der Waals surface area (Å²) in [5, 5.41) is 20.1. The predicted molar refractivity (Wildman–Crippen MR) is 58.2 cm³/mol. The lowest BCUT2D eigenvalue weighted by Gasteiger charge is -2.06. The van der Waals surface area contributed by atoms with E-state index in [-0.39, 0.29) is 12.2 Å². The van der Waals surface area contributed by atoms with E-state index in [1.807, 2.05) is 0 Å². The van der Waals surface area contributed by atoms with E-state index in [0.29, 0.717) is 18.7 Å². The number of unbranched alkanes of at least 4 members (excludes halogenated alkanes) is 1. The Kier molecular flexibility index (Phi) is 4.72. The molecule has 0 aliphatic rings. The Morgan fingerprint density at radius 2 is 2.12 bits per heavy atom. The zero-order valence-corrected chi connectivity index (χ0v) is 8.74. The maximum absolute atomic E-state index is 13.2. The quantitative estimate of drug-likeness (QED) is 0.647. The number of carboxylic acids is 1. The van der Waals surface area contributed by atoms with Crippen LogP contribution >= 0.6 is 0 Å². The van der Waals surface area contributed by atoms with E-state index < -0.39 is 11.8 Å². The minimum absolute atomic E-state index is 0.133. The van der Waals surface area contributed by atoms with Gasteiger partial charge in [-0.15, -0.1) is 0 Å². The Balaban J connectivity index is 2.56. The third-order valence-corrected chi connectivity index (χ3v) is 2.11. The molecule has 0 bridgehead atoms. The van der Waals surface area contributed by atoms with E-state index >= 15 is 0 Å². The van der Waals surface area contributed by atoms with Gasteiger partial charge in [0.15, 0.2) is 0 Å². The molecule has 1 aromatic rings. The first-order valence-corrected chi connectivity index (χ1v) is 5.02. The molecule has 0 saturated carbocycles. The van der Waals surface area contributed by atoms with Crippen molar-refractivity contribution in [3.05, 3.63) is 29.6 Å². The highest BCUT2D eigenvalue weighted by Gasteiger charge is 2.09. The molecule has 4 nitrogen and oxygen atoms in total. The van der Waals surface area contributed by atoms with Crippen molar-refractivity contribution in [2.45, 2.75) is 12.8 Å². The van der Waals surface area contributed by atoms with E-state index in [4.69, 9.17) is 10.2 Å². The minimum Gasteiger partial charge on any atom is -0.478 e. The van der Waals surface area contributed by atoms with Crippen LogP contribution in [0.4, 0.5) is 10.1 Å². The third kappa shape index (κ3) is 3.51. The van der Waals surface area contributed by atoms with Gasteiger partial charge in [-0.3, -0.25) is 0 Å². The Hall–Kier alpha value is -1.62. The molecule has 16 heavy (non-hydrogen) atoms. The molecule has 3 N–H and O–H groups in total. The number of aromatic carboxylic acids is 1. The average Bonchev–Trinajstić information content (AvgIpc) is 2.24. The highest BCUT2D eigenvalue weighted by Crippen LogP contribution is 2.14. The van der Waals surface area contributed by atoms with E-state index in [1.54, 1.807) is 0 Å². The van der Waals surface area contributed by atoms with Crippen molar-refractivity contribution in [3.63, 3.8) is 0 Å². The summed E-state index contributed by atoms with van der Waals surface area (Å²) < 4.78 is 13.2. The highest BCUT2D eigenvalue weighted by atomic mass is 19.1. The first-order chi connectivity index (χ1) is 7.65. The van der Waals surface area contributed by atoms with Gasteiger partial charge in [0.25, 0.3) is 0 Å². The van der Waals surface area contributed by atoms with Crippen LogP contribution in [0.5, 0.6) is 0 Å². The van der Waals surface area contributed by atoms with Crippen LogP contribution in [-0.4, -0.2) is 29.3 Å². The van der Waals surface area contributed by atoms with Crippen molar-refractivity contribution < 1.29 is 19.4 Å². The van der Waals surface area contributed by atoms with Crippen LogP contribution in [0.1, 0.15) is 23.2 Å². The van der Waals surface area contributed by atoms with Crippen LogP contribution in [-0.2, 0) is 0 Å². The number of carboxylic acid groups (broad SMARTS) is 1. The second-order valence-corrected chi connectivity index (χ2v) is 3.36. The summed E-state index contributed by atoms with van der Waals surface area (Å²) >= 11 is 0. The van der Waals surface area contributed by atoms with Crippen molar-refractivity contribution in [1.82, 2.24) is 0 Å². The van der Waals surface area contributed by atoms with Gasteiger partial charge in [0.2, 0.25) is 0 Å². The number of aliphatic hydroxyl groups is 1. The van der Waals surface area contributed by atoms with Crippen molar-refractivity contribution in [3.8, 4) is 0 Å². The summed E-state index contributed by atoms with van der Waals surface area (Å²) in [6.07, 6.45) is 1.46. The van der Waals surface area contributed by atoms with Crippen molar-refractivity contribution in [2.75, 3.05) is 18.5 Å². The molecule has 5 heteroatoms. The molecular formula is C11H14FNO3. The minimum atomic E-state index is -1.27. The molecule has 0 aromatic heterocycles. The lowest BCUT2D eigenvalue weighted by molar-refractivity contribution is 0.0692. The lowest BCUT2D eigenvalue weighted by Crippen LogP contribution is -2.05. The van der Waals surface area contributed by atoms with E-state index in [2.05, 4.69) is 5.32 Å². The number of rotatable bonds is 6. The predicted octanol–water partition coefficient (Wildman–Crippen LogP) is 1.71. The fourth-order valence-corrected chi connectivity index (χ4v) is 1.27. The van der Waals surface area contributed by atoms with Gasteiger partial charge >= 0.3 is 5.97 Å². The van der Waals surface area contributed by atoms with Crippen molar-refractivity contribution in [2.24, 2.45) is 0 Å². The standard InChI is InChI=1S/C11H14FNO3/c12-10-7-8(13-5-1-2-6-14)3-4-9(10)11(15)16/h3-4,7,13-14H,1-2,5-6H2,(H,15,16). The summed E-state index contributed by atoms with van der Waals surface area (Å²) in [7, 11) is 0. The number of carbonyl (C=O) groups is 1. The summed E-state index contributed by atoms with van der Waals surface area (Å²) in [5.74, 6) is -2.02. The van der Waals surface area contributed by atoms with Gasteiger partial charge in [0.1, 0.15) is 5.82 Å². The van der Waals surface area contributed by atoms with Gasteiger partial charge in [-0.2, -0.15) is 0 Å². The number of benzene rings is 1. The van der Waals surface area contributed by atoms with Crippen LogP contribution in [0, 0.1) is 5.82 Å². The Morgan fingerprint density at radius 3 is 2.69 bits per heavy atom. The lowest BCUT2D eigenvalue weighted by atomic mass is 10.2. The van der Waals surface area contributed by atoms with Crippen molar-refractivity contribution in [1.29, 1.82) is 0 Å². The van der Waals surface area contributed by atoms with E-state index in [1.165, 1.54) is 12.1 Å². The summed E-state index contributed by atoms with van der Waals surface area (Å²) in [4.78, 5) is 10.5. The van der Waals surface area contributed by atoms with Gasteiger partial charge < -0.3 is 15.5 Å². The van der Waals surface area contributed by atoms with Gasteiger partial charge in [0.05, 0.1) is 5.56 Å². The first-order valence-electron chi connectivity index (χ1n) is 5.02. The van der Waals surface area contributed by atoms with Crippen LogP contribution in [0.3, 0.4) is 0 Å².